The lowest BCUT2D eigenvalue weighted by Crippen LogP contribution is -2.45. The standard InChI is InChI=1S/C19H22N2O6/c1-25-14-8-7-13(10-15(14)26-2)21-18(23)17(22)20-11-19(24,12-5-6-12)16-4-3-9-27-16/h3-4,7-10,12,24H,5-6,11H2,1-2H3,(H,20,22)(H,21,23). The summed E-state index contributed by atoms with van der Waals surface area (Å²) in [6, 6.07) is 8.10. The van der Waals surface area contributed by atoms with E-state index in [1.165, 1.54) is 20.5 Å². The number of ether oxygens (including phenoxy) is 2. The third kappa shape index (κ3) is 4.06. The second-order valence-corrected chi connectivity index (χ2v) is 6.38. The first-order valence-corrected chi connectivity index (χ1v) is 8.55. The highest BCUT2D eigenvalue weighted by Crippen LogP contribution is 2.45. The summed E-state index contributed by atoms with van der Waals surface area (Å²) in [5, 5.41) is 15.9. The molecule has 1 aromatic carbocycles. The highest BCUT2D eigenvalue weighted by atomic mass is 16.5. The zero-order valence-electron chi connectivity index (χ0n) is 15.2. The predicted octanol–water partition coefficient (Wildman–Crippen LogP) is 1.65. The molecule has 8 nitrogen and oxygen atoms in total. The van der Waals surface area contributed by atoms with Crippen LogP contribution >= 0.6 is 0 Å². The van der Waals surface area contributed by atoms with E-state index in [0.29, 0.717) is 22.9 Å². The summed E-state index contributed by atoms with van der Waals surface area (Å²) >= 11 is 0. The van der Waals surface area contributed by atoms with Crippen molar-refractivity contribution in [2.24, 2.45) is 5.92 Å². The van der Waals surface area contributed by atoms with E-state index < -0.39 is 17.4 Å². The quantitative estimate of drug-likeness (QED) is 0.636. The summed E-state index contributed by atoms with van der Waals surface area (Å²) in [7, 11) is 2.98. The van der Waals surface area contributed by atoms with Crippen LogP contribution in [0.3, 0.4) is 0 Å². The van der Waals surface area contributed by atoms with Crippen molar-refractivity contribution in [3.05, 3.63) is 42.4 Å². The normalized spacial score (nSPS) is 15.5. The van der Waals surface area contributed by atoms with Gasteiger partial charge in [0.25, 0.3) is 0 Å². The van der Waals surface area contributed by atoms with Gasteiger partial charge in [0.2, 0.25) is 0 Å². The lowest BCUT2D eigenvalue weighted by molar-refractivity contribution is -0.137. The van der Waals surface area contributed by atoms with Crippen molar-refractivity contribution in [2.75, 3.05) is 26.1 Å². The van der Waals surface area contributed by atoms with E-state index in [0.717, 1.165) is 12.8 Å². The minimum Gasteiger partial charge on any atom is -0.493 e. The van der Waals surface area contributed by atoms with E-state index in [-0.39, 0.29) is 12.5 Å². The van der Waals surface area contributed by atoms with Crippen LogP contribution in [0.1, 0.15) is 18.6 Å². The van der Waals surface area contributed by atoms with Gasteiger partial charge >= 0.3 is 11.8 Å². The molecule has 1 heterocycles. The van der Waals surface area contributed by atoms with Crippen LogP contribution < -0.4 is 20.1 Å². The molecule has 1 atom stereocenters. The van der Waals surface area contributed by atoms with Crippen molar-refractivity contribution >= 4 is 17.5 Å². The van der Waals surface area contributed by atoms with Crippen LogP contribution in [-0.2, 0) is 15.2 Å². The second kappa shape index (κ2) is 7.71. The summed E-state index contributed by atoms with van der Waals surface area (Å²) in [6.45, 7) is -0.108. The summed E-state index contributed by atoms with van der Waals surface area (Å²) in [4.78, 5) is 24.3. The zero-order chi connectivity index (χ0) is 19.4. The van der Waals surface area contributed by atoms with Crippen molar-refractivity contribution in [1.29, 1.82) is 0 Å². The van der Waals surface area contributed by atoms with E-state index in [9.17, 15) is 14.7 Å². The first kappa shape index (κ1) is 18.8. The smallest absolute Gasteiger partial charge is 0.313 e. The van der Waals surface area contributed by atoms with Gasteiger partial charge in [-0.15, -0.1) is 0 Å². The van der Waals surface area contributed by atoms with Crippen LogP contribution in [0, 0.1) is 5.92 Å². The number of amides is 2. The molecular formula is C19H22N2O6. The molecule has 0 spiro atoms. The van der Waals surface area contributed by atoms with Crippen LogP contribution in [0.5, 0.6) is 11.5 Å². The molecule has 0 radical (unpaired) electrons. The highest BCUT2D eigenvalue weighted by Gasteiger charge is 2.47. The van der Waals surface area contributed by atoms with Gasteiger partial charge in [-0.2, -0.15) is 0 Å². The molecule has 8 heteroatoms. The number of aliphatic hydroxyl groups is 1. The van der Waals surface area contributed by atoms with Gasteiger partial charge in [0.15, 0.2) is 11.5 Å². The SMILES string of the molecule is COc1ccc(NC(=O)C(=O)NCC(O)(c2ccco2)C2CC2)cc1OC. The Kier molecular flexibility index (Phi) is 5.36. The van der Waals surface area contributed by atoms with Gasteiger partial charge in [-0.25, -0.2) is 0 Å². The summed E-state index contributed by atoms with van der Waals surface area (Å²) in [5.74, 6) is -0.386. The molecule has 2 aromatic rings. The lowest BCUT2D eigenvalue weighted by atomic mass is 9.94. The fraction of sp³-hybridized carbons (Fsp3) is 0.368. The van der Waals surface area contributed by atoms with E-state index in [4.69, 9.17) is 13.9 Å². The molecule has 1 unspecified atom stereocenters. The first-order chi connectivity index (χ1) is 13.0. The molecule has 0 bridgehead atoms. The van der Waals surface area contributed by atoms with Crippen molar-refractivity contribution < 1.29 is 28.6 Å². The van der Waals surface area contributed by atoms with Gasteiger partial charge in [-0.1, -0.05) is 0 Å². The number of rotatable bonds is 7. The van der Waals surface area contributed by atoms with Gasteiger partial charge in [0, 0.05) is 11.8 Å². The molecular weight excluding hydrogens is 352 g/mol. The second-order valence-electron chi connectivity index (χ2n) is 6.38. The van der Waals surface area contributed by atoms with Gasteiger partial charge in [-0.05, 0) is 43.0 Å². The van der Waals surface area contributed by atoms with Crippen molar-refractivity contribution in [2.45, 2.75) is 18.4 Å². The Bertz CT molecular complexity index is 816. The number of hydrogen-bond acceptors (Lipinski definition) is 6. The number of benzene rings is 1. The minimum atomic E-state index is -1.32. The molecule has 1 aliphatic rings. The maximum absolute atomic E-state index is 12.2. The lowest BCUT2D eigenvalue weighted by Gasteiger charge is -2.26. The van der Waals surface area contributed by atoms with Crippen LogP contribution in [0.2, 0.25) is 0 Å². The van der Waals surface area contributed by atoms with Crippen LogP contribution in [0.4, 0.5) is 5.69 Å². The topological polar surface area (TPSA) is 110 Å². The zero-order valence-corrected chi connectivity index (χ0v) is 15.2. The van der Waals surface area contributed by atoms with Crippen molar-refractivity contribution in [3.63, 3.8) is 0 Å². The van der Waals surface area contributed by atoms with E-state index in [1.807, 2.05) is 0 Å². The van der Waals surface area contributed by atoms with Crippen molar-refractivity contribution in [3.8, 4) is 11.5 Å². The Labute approximate surface area is 156 Å². The molecule has 144 valence electrons. The molecule has 0 aliphatic heterocycles. The molecule has 3 N–H and O–H groups in total. The summed E-state index contributed by atoms with van der Waals surface area (Å²) < 4.78 is 15.6. The highest BCUT2D eigenvalue weighted by molar-refractivity contribution is 6.39. The number of anilines is 1. The largest absolute Gasteiger partial charge is 0.493 e. The Hall–Kier alpha value is -3.00. The van der Waals surface area contributed by atoms with Gasteiger partial charge in [-0.3, -0.25) is 9.59 Å². The number of carbonyl (C=O) groups is 2. The third-order valence-corrected chi connectivity index (χ3v) is 4.57. The number of hydrogen-bond donors (Lipinski definition) is 3. The maximum atomic E-state index is 12.2. The number of furan rings is 1. The molecule has 1 saturated carbocycles. The fourth-order valence-electron chi connectivity index (χ4n) is 2.92. The van der Waals surface area contributed by atoms with E-state index in [1.54, 1.807) is 30.3 Å². The Morgan fingerprint density at radius 2 is 1.93 bits per heavy atom. The first-order valence-electron chi connectivity index (χ1n) is 8.55. The fourth-order valence-corrected chi connectivity index (χ4v) is 2.92. The molecule has 1 aromatic heterocycles. The average Bonchev–Trinajstić information content (AvgIpc) is 3.40. The Balaban J connectivity index is 1.62. The van der Waals surface area contributed by atoms with Gasteiger partial charge in [0.05, 0.1) is 27.0 Å². The van der Waals surface area contributed by atoms with Crippen LogP contribution in [0.15, 0.2) is 41.0 Å². The molecule has 1 aliphatic carbocycles. The molecule has 3 rings (SSSR count). The van der Waals surface area contributed by atoms with E-state index in [2.05, 4.69) is 10.6 Å². The van der Waals surface area contributed by atoms with E-state index >= 15 is 0 Å². The number of carbonyl (C=O) groups excluding carboxylic acids is 2. The Morgan fingerprint density at radius 3 is 2.52 bits per heavy atom. The van der Waals surface area contributed by atoms with Gasteiger partial charge in [0.1, 0.15) is 11.4 Å². The number of nitrogens with one attached hydrogen (secondary N) is 2. The molecule has 2 amide bonds. The molecule has 1 fully saturated rings. The summed E-state index contributed by atoms with van der Waals surface area (Å²) in [6.07, 6.45) is 3.14. The third-order valence-electron chi connectivity index (χ3n) is 4.57. The average molecular weight is 374 g/mol. The molecule has 0 saturated heterocycles. The minimum absolute atomic E-state index is 0.00198. The monoisotopic (exact) mass is 374 g/mol. The van der Waals surface area contributed by atoms with Gasteiger partial charge < -0.3 is 29.6 Å². The van der Waals surface area contributed by atoms with Crippen LogP contribution in [-0.4, -0.2) is 37.7 Å². The van der Waals surface area contributed by atoms with Crippen molar-refractivity contribution in [1.82, 2.24) is 5.32 Å². The summed E-state index contributed by atoms with van der Waals surface area (Å²) in [5.41, 5.74) is -0.931. The Morgan fingerprint density at radius 1 is 1.19 bits per heavy atom. The molecule has 27 heavy (non-hydrogen) atoms. The number of methoxy groups -OCH3 is 2. The maximum Gasteiger partial charge on any atom is 0.313 e. The van der Waals surface area contributed by atoms with Crippen LogP contribution in [0.25, 0.3) is 0 Å². The predicted molar refractivity (Wildman–Crippen MR) is 96.5 cm³/mol.